The Labute approximate surface area is 140 Å². The number of amides is 1. The second-order valence-electron chi connectivity index (χ2n) is 5.08. The van der Waals surface area contributed by atoms with Crippen LogP contribution >= 0.6 is 23.2 Å². The number of anilines is 1. The molecule has 0 aliphatic heterocycles. The van der Waals surface area contributed by atoms with Gasteiger partial charge in [-0.2, -0.15) is 0 Å². The number of rotatable bonds is 4. The second kappa shape index (κ2) is 7.03. The highest BCUT2D eigenvalue weighted by atomic mass is 35.5. The Morgan fingerprint density at radius 3 is 2.55 bits per heavy atom. The summed E-state index contributed by atoms with van der Waals surface area (Å²) < 4.78 is 5.74. The Morgan fingerprint density at radius 2 is 1.86 bits per heavy atom. The van der Waals surface area contributed by atoms with Crippen LogP contribution in [0.4, 0.5) is 5.69 Å². The lowest BCUT2D eigenvalue weighted by atomic mass is 10.1. The van der Waals surface area contributed by atoms with E-state index in [0.717, 1.165) is 11.1 Å². The van der Waals surface area contributed by atoms with E-state index in [9.17, 15) is 4.79 Å². The minimum Gasteiger partial charge on any atom is -0.481 e. The normalized spacial score (nSPS) is 11.9. The Hall–Kier alpha value is -1.71. The van der Waals surface area contributed by atoms with Crippen LogP contribution in [0.15, 0.2) is 36.4 Å². The van der Waals surface area contributed by atoms with E-state index in [4.69, 9.17) is 27.9 Å². The van der Waals surface area contributed by atoms with Gasteiger partial charge in [-0.25, -0.2) is 0 Å². The average molecular weight is 338 g/mol. The van der Waals surface area contributed by atoms with Crippen molar-refractivity contribution in [3.63, 3.8) is 0 Å². The number of benzene rings is 2. The summed E-state index contributed by atoms with van der Waals surface area (Å²) in [7, 11) is 0. The van der Waals surface area contributed by atoms with Crippen LogP contribution in [0, 0.1) is 13.8 Å². The van der Waals surface area contributed by atoms with Crippen molar-refractivity contribution < 1.29 is 9.53 Å². The minimum absolute atomic E-state index is 0.251. The maximum atomic E-state index is 12.2. The summed E-state index contributed by atoms with van der Waals surface area (Å²) >= 11 is 11.8. The van der Waals surface area contributed by atoms with Crippen LogP contribution < -0.4 is 10.1 Å². The van der Waals surface area contributed by atoms with E-state index in [2.05, 4.69) is 5.32 Å². The number of carbonyl (C=O) groups excluding carboxylic acids is 1. The van der Waals surface area contributed by atoms with Gasteiger partial charge < -0.3 is 10.1 Å². The molecule has 2 rings (SSSR count). The number of ether oxygens (including phenoxy) is 1. The SMILES string of the molecule is Cc1cccc(O[C@H](C)C(=O)Nc2ccc(Cl)c(Cl)c2)c1C. The van der Waals surface area contributed by atoms with Gasteiger partial charge in [-0.15, -0.1) is 0 Å². The molecule has 0 radical (unpaired) electrons. The zero-order chi connectivity index (χ0) is 16.3. The van der Waals surface area contributed by atoms with Gasteiger partial charge in [0.1, 0.15) is 5.75 Å². The van der Waals surface area contributed by atoms with Gasteiger partial charge in [0.15, 0.2) is 6.10 Å². The number of aryl methyl sites for hydroxylation is 1. The highest BCUT2D eigenvalue weighted by Crippen LogP contribution is 2.25. The molecule has 0 heterocycles. The zero-order valence-corrected chi connectivity index (χ0v) is 14.1. The summed E-state index contributed by atoms with van der Waals surface area (Å²) in [5.74, 6) is 0.455. The third kappa shape index (κ3) is 3.93. The monoisotopic (exact) mass is 337 g/mol. The van der Waals surface area contributed by atoms with Crippen LogP contribution in [0.2, 0.25) is 10.0 Å². The molecule has 0 saturated heterocycles. The van der Waals surface area contributed by atoms with Crippen LogP contribution in [0.1, 0.15) is 18.1 Å². The van der Waals surface area contributed by atoms with E-state index in [1.165, 1.54) is 0 Å². The fourth-order valence-corrected chi connectivity index (χ4v) is 2.21. The number of carbonyl (C=O) groups is 1. The minimum atomic E-state index is -0.630. The lowest BCUT2D eigenvalue weighted by Gasteiger charge is -2.17. The third-order valence-corrected chi connectivity index (χ3v) is 4.15. The largest absolute Gasteiger partial charge is 0.481 e. The van der Waals surface area contributed by atoms with Crippen molar-refractivity contribution in [3.8, 4) is 5.75 Å². The standard InChI is InChI=1S/C17H17Cl2NO2/c1-10-5-4-6-16(11(10)2)22-12(3)17(21)20-13-7-8-14(18)15(19)9-13/h4-9,12H,1-3H3,(H,20,21)/t12-/m1/s1. The van der Waals surface area contributed by atoms with Gasteiger partial charge in [0.05, 0.1) is 10.0 Å². The zero-order valence-electron chi connectivity index (χ0n) is 12.6. The van der Waals surface area contributed by atoms with Crippen molar-refractivity contribution in [2.75, 3.05) is 5.32 Å². The molecule has 3 nitrogen and oxygen atoms in total. The molecule has 116 valence electrons. The lowest BCUT2D eigenvalue weighted by Crippen LogP contribution is -2.30. The summed E-state index contributed by atoms with van der Waals surface area (Å²) in [6, 6.07) is 10.7. The van der Waals surface area contributed by atoms with Crippen LogP contribution in [0.5, 0.6) is 5.75 Å². The summed E-state index contributed by atoms with van der Waals surface area (Å²) in [6.45, 7) is 5.67. The Balaban J connectivity index is 2.06. The first-order chi connectivity index (χ1) is 10.4. The molecule has 0 aliphatic rings. The van der Waals surface area contributed by atoms with Crippen LogP contribution in [0.25, 0.3) is 0 Å². The molecule has 22 heavy (non-hydrogen) atoms. The maximum Gasteiger partial charge on any atom is 0.265 e. The van der Waals surface area contributed by atoms with Gasteiger partial charge in [0.25, 0.3) is 5.91 Å². The summed E-state index contributed by atoms with van der Waals surface area (Å²) in [5.41, 5.74) is 2.72. The first-order valence-corrected chi connectivity index (χ1v) is 7.63. The predicted octanol–water partition coefficient (Wildman–Crippen LogP) is 5.02. The topological polar surface area (TPSA) is 38.3 Å². The Kier molecular flexibility index (Phi) is 5.33. The van der Waals surface area contributed by atoms with Gasteiger partial charge in [-0.1, -0.05) is 35.3 Å². The predicted molar refractivity (Wildman–Crippen MR) is 91.1 cm³/mol. The Morgan fingerprint density at radius 1 is 1.14 bits per heavy atom. The van der Waals surface area contributed by atoms with Crippen LogP contribution in [0.3, 0.4) is 0 Å². The molecule has 1 N–H and O–H groups in total. The molecule has 0 spiro atoms. The van der Waals surface area contributed by atoms with Crippen molar-refractivity contribution in [2.24, 2.45) is 0 Å². The molecule has 0 aliphatic carbocycles. The molecule has 1 atom stereocenters. The van der Waals surface area contributed by atoms with Crippen LogP contribution in [-0.2, 0) is 4.79 Å². The van der Waals surface area contributed by atoms with Crippen molar-refractivity contribution in [3.05, 3.63) is 57.6 Å². The van der Waals surface area contributed by atoms with E-state index in [1.807, 2.05) is 32.0 Å². The van der Waals surface area contributed by atoms with E-state index in [0.29, 0.717) is 21.5 Å². The highest BCUT2D eigenvalue weighted by Gasteiger charge is 2.16. The molecule has 0 bridgehead atoms. The lowest BCUT2D eigenvalue weighted by molar-refractivity contribution is -0.122. The average Bonchev–Trinajstić information content (AvgIpc) is 2.47. The highest BCUT2D eigenvalue weighted by molar-refractivity contribution is 6.42. The van der Waals surface area contributed by atoms with Crippen LogP contribution in [-0.4, -0.2) is 12.0 Å². The van der Waals surface area contributed by atoms with Gasteiger partial charge in [0.2, 0.25) is 0 Å². The van der Waals surface area contributed by atoms with Crippen molar-refractivity contribution in [1.82, 2.24) is 0 Å². The molecule has 1 amide bonds. The van der Waals surface area contributed by atoms with Crippen molar-refractivity contribution in [1.29, 1.82) is 0 Å². The molecule has 2 aromatic rings. The maximum absolute atomic E-state index is 12.2. The van der Waals surface area contributed by atoms with E-state index in [1.54, 1.807) is 25.1 Å². The molecule has 0 aromatic heterocycles. The summed E-state index contributed by atoms with van der Waals surface area (Å²) in [4.78, 5) is 12.2. The van der Waals surface area contributed by atoms with Crippen molar-refractivity contribution >= 4 is 34.8 Å². The fraction of sp³-hybridized carbons (Fsp3) is 0.235. The van der Waals surface area contributed by atoms with E-state index in [-0.39, 0.29) is 5.91 Å². The number of hydrogen-bond acceptors (Lipinski definition) is 2. The fourth-order valence-electron chi connectivity index (χ4n) is 1.91. The number of nitrogens with one attached hydrogen (secondary N) is 1. The molecular formula is C17H17Cl2NO2. The number of hydrogen-bond donors (Lipinski definition) is 1. The second-order valence-corrected chi connectivity index (χ2v) is 5.89. The van der Waals surface area contributed by atoms with Crippen molar-refractivity contribution in [2.45, 2.75) is 26.9 Å². The van der Waals surface area contributed by atoms with E-state index < -0.39 is 6.10 Å². The smallest absolute Gasteiger partial charge is 0.265 e. The first-order valence-electron chi connectivity index (χ1n) is 6.87. The molecular weight excluding hydrogens is 321 g/mol. The summed E-state index contributed by atoms with van der Waals surface area (Å²) in [6.07, 6.45) is -0.630. The van der Waals surface area contributed by atoms with E-state index >= 15 is 0 Å². The quantitative estimate of drug-likeness (QED) is 0.850. The summed E-state index contributed by atoms with van der Waals surface area (Å²) in [5, 5.41) is 3.59. The van der Waals surface area contributed by atoms with Gasteiger partial charge >= 0.3 is 0 Å². The molecule has 0 fully saturated rings. The van der Waals surface area contributed by atoms with Gasteiger partial charge in [0, 0.05) is 5.69 Å². The number of halogens is 2. The van der Waals surface area contributed by atoms with Gasteiger partial charge in [-0.05, 0) is 56.2 Å². The Bertz CT molecular complexity index is 701. The molecule has 5 heteroatoms. The molecule has 0 saturated carbocycles. The first kappa shape index (κ1) is 16.7. The molecule has 2 aromatic carbocycles. The molecule has 0 unspecified atom stereocenters. The third-order valence-electron chi connectivity index (χ3n) is 3.42. The van der Waals surface area contributed by atoms with Gasteiger partial charge in [-0.3, -0.25) is 4.79 Å².